The lowest BCUT2D eigenvalue weighted by Crippen LogP contribution is -2.11. The van der Waals surface area contributed by atoms with Crippen molar-refractivity contribution in [2.24, 2.45) is 0 Å². The van der Waals surface area contributed by atoms with Crippen LogP contribution in [0.1, 0.15) is 42.3 Å². The molecule has 0 saturated heterocycles. The van der Waals surface area contributed by atoms with Gasteiger partial charge in [0, 0.05) is 17.3 Å². The summed E-state index contributed by atoms with van der Waals surface area (Å²) in [6.07, 6.45) is 0. The average Bonchev–Trinajstić information content (AvgIpc) is 2.45. The molecule has 2 N–H and O–H groups in total. The molecule has 3 nitrogen and oxygen atoms in total. The number of nitrogen functional groups attached to an aromatic ring is 1. The molecule has 2 aromatic rings. The molecule has 21 heavy (non-hydrogen) atoms. The normalized spacial score (nSPS) is 11.2. The number of ketones is 1. The number of rotatable bonds is 3. The van der Waals surface area contributed by atoms with Crippen molar-refractivity contribution < 1.29 is 9.53 Å². The summed E-state index contributed by atoms with van der Waals surface area (Å²) in [5.41, 5.74) is 8.73. The van der Waals surface area contributed by atoms with Gasteiger partial charge in [0.15, 0.2) is 5.78 Å². The maximum absolute atomic E-state index is 12.6. The smallest absolute Gasteiger partial charge is 0.196 e. The van der Waals surface area contributed by atoms with E-state index in [1.165, 1.54) is 12.7 Å². The van der Waals surface area contributed by atoms with Crippen molar-refractivity contribution in [3.8, 4) is 5.75 Å². The number of ether oxygens (including phenoxy) is 1. The molecule has 2 rings (SSSR count). The lowest BCUT2D eigenvalue weighted by molar-refractivity contribution is 0.103. The zero-order valence-corrected chi connectivity index (χ0v) is 12.9. The Labute approximate surface area is 125 Å². The van der Waals surface area contributed by atoms with Gasteiger partial charge in [-0.05, 0) is 23.1 Å². The summed E-state index contributed by atoms with van der Waals surface area (Å²) in [7, 11) is 1.54. The molecule has 0 fully saturated rings. The molecule has 0 radical (unpaired) electrons. The molecule has 0 amide bonds. The molecule has 0 aliphatic rings. The highest BCUT2D eigenvalue weighted by Gasteiger charge is 2.17. The van der Waals surface area contributed by atoms with Crippen LogP contribution in [-0.4, -0.2) is 12.9 Å². The maximum atomic E-state index is 12.6. The molecule has 110 valence electrons. The van der Waals surface area contributed by atoms with Gasteiger partial charge in [-0.3, -0.25) is 4.79 Å². The lowest BCUT2D eigenvalue weighted by atomic mass is 9.86. The zero-order chi connectivity index (χ0) is 15.6. The van der Waals surface area contributed by atoms with Crippen LogP contribution >= 0.6 is 0 Å². The highest BCUT2D eigenvalue weighted by atomic mass is 16.5. The molecular formula is C18H21NO2. The number of carbonyl (C=O) groups is 1. The second kappa shape index (κ2) is 5.60. The predicted molar refractivity (Wildman–Crippen MR) is 86.0 cm³/mol. The van der Waals surface area contributed by atoms with Gasteiger partial charge in [0.05, 0.1) is 12.7 Å². The minimum atomic E-state index is -0.0627. The fraction of sp³-hybridized carbons (Fsp3) is 0.278. The Balaban J connectivity index is 2.37. The molecule has 0 bridgehead atoms. The summed E-state index contributed by atoms with van der Waals surface area (Å²) < 4.78 is 5.25. The Kier molecular flexibility index (Phi) is 4.03. The average molecular weight is 283 g/mol. The number of anilines is 1. The van der Waals surface area contributed by atoms with Crippen LogP contribution in [0.2, 0.25) is 0 Å². The van der Waals surface area contributed by atoms with Crippen molar-refractivity contribution >= 4 is 11.5 Å². The van der Waals surface area contributed by atoms with Crippen molar-refractivity contribution in [2.75, 3.05) is 12.8 Å². The molecule has 0 aromatic heterocycles. The summed E-state index contributed by atoms with van der Waals surface area (Å²) in [5.74, 6) is 0.437. The molecule has 2 aromatic carbocycles. The Bertz CT molecular complexity index is 652. The summed E-state index contributed by atoms with van der Waals surface area (Å²) in [6.45, 7) is 6.44. The van der Waals surface area contributed by atoms with Crippen LogP contribution < -0.4 is 10.5 Å². The third-order valence-corrected chi connectivity index (χ3v) is 3.48. The first-order valence-electron chi connectivity index (χ1n) is 6.91. The number of benzene rings is 2. The summed E-state index contributed by atoms with van der Waals surface area (Å²) in [4.78, 5) is 12.6. The van der Waals surface area contributed by atoms with Crippen LogP contribution in [0.25, 0.3) is 0 Å². The molecule has 0 heterocycles. The predicted octanol–water partition coefficient (Wildman–Crippen LogP) is 3.81. The van der Waals surface area contributed by atoms with Gasteiger partial charge in [0.2, 0.25) is 0 Å². The van der Waals surface area contributed by atoms with Crippen LogP contribution in [0.5, 0.6) is 5.75 Å². The van der Waals surface area contributed by atoms with E-state index in [9.17, 15) is 4.79 Å². The molecule has 3 heteroatoms. The second-order valence-electron chi connectivity index (χ2n) is 6.12. The van der Waals surface area contributed by atoms with Gasteiger partial charge in [0.25, 0.3) is 0 Å². The SMILES string of the molecule is COc1cc(N)ccc1C(=O)c1ccc(C(C)(C)C)cc1. The van der Waals surface area contributed by atoms with Crippen LogP contribution in [0.4, 0.5) is 5.69 Å². The number of hydrogen-bond donors (Lipinski definition) is 1. The molecule has 0 saturated carbocycles. The van der Waals surface area contributed by atoms with Crippen molar-refractivity contribution in [3.05, 3.63) is 59.2 Å². The topological polar surface area (TPSA) is 52.3 Å². The van der Waals surface area contributed by atoms with E-state index in [2.05, 4.69) is 20.8 Å². The van der Waals surface area contributed by atoms with Crippen LogP contribution in [-0.2, 0) is 5.41 Å². The molecule has 0 aliphatic carbocycles. The largest absolute Gasteiger partial charge is 0.496 e. The molecule has 0 atom stereocenters. The van der Waals surface area contributed by atoms with E-state index >= 15 is 0 Å². The van der Waals surface area contributed by atoms with E-state index in [0.717, 1.165) is 0 Å². The third-order valence-electron chi connectivity index (χ3n) is 3.48. The second-order valence-corrected chi connectivity index (χ2v) is 6.12. The molecule has 0 aliphatic heterocycles. The van der Waals surface area contributed by atoms with Gasteiger partial charge in [-0.25, -0.2) is 0 Å². The van der Waals surface area contributed by atoms with Crippen LogP contribution in [0, 0.1) is 0 Å². The fourth-order valence-electron chi connectivity index (χ4n) is 2.17. The summed E-state index contributed by atoms with van der Waals surface area (Å²) in [6, 6.07) is 12.8. The van der Waals surface area contributed by atoms with Gasteiger partial charge in [0.1, 0.15) is 5.75 Å². The first-order valence-corrected chi connectivity index (χ1v) is 6.91. The van der Waals surface area contributed by atoms with E-state index in [-0.39, 0.29) is 11.2 Å². The van der Waals surface area contributed by atoms with Gasteiger partial charge in [-0.15, -0.1) is 0 Å². The highest BCUT2D eigenvalue weighted by Crippen LogP contribution is 2.26. The van der Waals surface area contributed by atoms with Crippen LogP contribution in [0.3, 0.4) is 0 Å². The minimum Gasteiger partial charge on any atom is -0.496 e. The van der Waals surface area contributed by atoms with Gasteiger partial charge in [-0.2, -0.15) is 0 Å². The van der Waals surface area contributed by atoms with Gasteiger partial charge < -0.3 is 10.5 Å². The Morgan fingerprint density at radius 2 is 1.67 bits per heavy atom. The molecule has 0 unspecified atom stereocenters. The third kappa shape index (κ3) is 3.24. The number of carbonyl (C=O) groups excluding carboxylic acids is 1. The Morgan fingerprint density at radius 1 is 1.05 bits per heavy atom. The van der Waals surface area contributed by atoms with E-state index in [1.54, 1.807) is 18.2 Å². The standard InChI is InChI=1S/C18H21NO2/c1-18(2,3)13-7-5-12(6-8-13)17(20)15-10-9-14(19)11-16(15)21-4/h5-11H,19H2,1-4H3. The highest BCUT2D eigenvalue weighted by molar-refractivity contribution is 6.10. The quantitative estimate of drug-likeness (QED) is 0.688. The van der Waals surface area contributed by atoms with E-state index in [0.29, 0.717) is 22.6 Å². The van der Waals surface area contributed by atoms with E-state index in [1.807, 2.05) is 24.3 Å². The Hall–Kier alpha value is -2.29. The van der Waals surface area contributed by atoms with Crippen molar-refractivity contribution in [2.45, 2.75) is 26.2 Å². The molecular weight excluding hydrogens is 262 g/mol. The van der Waals surface area contributed by atoms with E-state index < -0.39 is 0 Å². The van der Waals surface area contributed by atoms with Gasteiger partial charge in [-0.1, -0.05) is 45.0 Å². The summed E-state index contributed by atoms with van der Waals surface area (Å²) >= 11 is 0. The van der Waals surface area contributed by atoms with Crippen molar-refractivity contribution in [3.63, 3.8) is 0 Å². The van der Waals surface area contributed by atoms with Crippen LogP contribution in [0.15, 0.2) is 42.5 Å². The van der Waals surface area contributed by atoms with Gasteiger partial charge >= 0.3 is 0 Å². The first-order chi connectivity index (χ1) is 9.82. The van der Waals surface area contributed by atoms with Crippen molar-refractivity contribution in [1.82, 2.24) is 0 Å². The zero-order valence-electron chi connectivity index (χ0n) is 12.9. The lowest BCUT2D eigenvalue weighted by Gasteiger charge is -2.19. The number of nitrogens with two attached hydrogens (primary N) is 1. The molecule has 0 spiro atoms. The fourth-order valence-corrected chi connectivity index (χ4v) is 2.17. The Morgan fingerprint density at radius 3 is 2.19 bits per heavy atom. The number of methoxy groups -OCH3 is 1. The van der Waals surface area contributed by atoms with E-state index in [4.69, 9.17) is 10.5 Å². The van der Waals surface area contributed by atoms with Crippen molar-refractivity contribution in [1.29, 1.82) is 0 Å². The minimum absolute atomic E-state index is 0.0627. The monoisotopic (exact) mass is 283 g/mol. The number of hydrogen-bond acceptors (Lipinski definition) is 3. The maximum Gasteiger partial charge on any atom is 0.196 e. The first kappa shape index (κ1) is 15.1. The summed E-state index contributed by atoms with van der Waals surface area (Å²) in [5, 5.41) is 0.